The van der Waals surface area contributed by atoms with Crippen molar-refractivity contribution in [2.75, 3.05) is 0 Å². The molecule has 0 fully saturated rings. The van der Waals surface area contributed by atoms with Crippen LogP contribution in [0, 0.1) is 11.3 Å². The van der Waals surface area contributed by atoms with Gasteiger partial charge >= 0.3 is 0 Å². The third-order valence-electron chi connectivity index (χ3n) is 2.36. The van der Waals surface area contributed by atoms with Crippen molar-refractivity contribution in [3.05, 3.63) is 62.5 Å². The van der Waals surface area contributed by atoms with Gasteiger partial charge in [0.1, 0.15) is 12.4 Å². The second-order valence-corrected chi connectivity index (χ2v) is 5.36. The van der Waals surface area contributed by atoms with Crippen LogP contribution in [-0.2, 0) is 6.61 Å². The molecule has 0 radical (unpaired) electrons. The summed E-state index contributed by atoms with van der Waals surface area (Å²) in [6, 6.07) is 15.3. The number of hydrogen-bond acceptors (Lipinski definition) is 2. The van der Waals surface area contributed by atoms with Crippen molar-refractivity contribution in [3.63, 3.8) is 0 Å². The molecular weight excluding hydrogens is 358 g/mol. The summed E-state index contributed by atoms with van der Waals surface area (Å²) in [5.41, 5.74) is 1.61. The van der Waals surface area contributed by atoms with Crippen LogP contribution < -0.4 is 4.74 Å². The molecule has 0 aliphatic carbocycles. The molecule has 0 aliphatic rings. The Morgan fingerprint density at radius 1 is 1.06 bits per heavy atom. The predicted octanol–water partition coefficient (Wildman–Crippen LogP) is 4.66. The number of rotatable bonds is 3. The summed E-state index contributed by atoms with van der Waals surface area (Å²) in [6.07, 6.45) is 0. The first-order chi connectivity index (χ1) is 8.70. The topological polar surface area (TPSA) is 33.0 Å². The molecule has 0 N–H and O–H groups in total. The van der Waals surface area contributed by atoms with E-state index in [2.05, 4.69) is 37.9 Å². The van der Waals surface area contributed by atoms with Crippen molar-refractivity contribution >= 4 is 31.9 Å². The summed E-state index contributed by atoms with van der Waals surface area (Å²) >= 11 is 6.88. The van der Waals surface area contributed by atoms with Crippen LogP contribution in [0.1, 0.15) is 11.1 Å². The zero-order valence-corrected chi connectivity index (χ0v) is 12.5. The normalized spacial score (nSPS) is 9.83. The van der Waals surface area contributed by atoms with E-state index in [1.54, 1.807) is 6.07 Å². The van der Waals surface area contributed by atoms with Gasteiger partial charge in [0.25, 0.3) is 0 Å². The zero-order valence-electron chi connectivity index (χ0n) is 9.36. The van der Waals surface area contributed by atoms with Gasteiger partial charge in [-0.15, -0.1) is 0 Å². The highest BCUT2D eigenvalue weighted by atomic mass is 79.9. The summed E-state index contributed by atoms with van der Waals surface area (Å²) in [7, 11) is 0. The van der Waals surface area contributed by atoms with E-state index in [-0.39, 0.29) is 0 Å². The van der Waals surface area contributed by atoms with Gasteiger partial charge < -0.3 is 4.74 Å². The second-order valence-electron chi connectivity index (χ2n) is 3.65. The van der Waals surface area contributed by atoms with Gasteiger partial charge in [0.2, 0.25) is 0 Å². The molecule has 4 heteroatoms. The lowest BCUT2D eigenvalue weighted by Crippen LogP contribution is -1.97. The molecule has 0 bridgehead atoms. The van der Waals surface area contributed by atoms with Crippen LogP contribution >= 0.6 is 31.9 Å². The van der Waals surface area contributed by atoms with Gasteiger partial charge in [0.05, 0.1) is 20.6 Å². The fourth-order valence-electron chi connectivity index (χ4n) is 1.51. The average Bonchev–Trinajstić information content (AvgIpc) is 2.38. The monoisotopic (exact) mass is 365 g/mol. The average molecular weight is 367 g/mol. The summed E-state index contributed by atoms with van der Waals surface area (Å²) in [5.74, 6) is 0.764. The SMILES string of the molecule is N#Cc1cccc(COc2c(Br)cccc2Br)c1. The van der Waals surface area contributed by atoms with Crippen molar-refractivity contribution in [1.29, 1.82) is 5.26 Å². The van der Waals surface area contributed by atoms with E-state index < -0.39 is 0 Å². The minimum absolute atomic E-state index is 0.427. The molecule has 0 aliphatic heterocycles. The Morgan fingerprint density at radius 3 is 2.39 bits per heavy atom. The standard InChI is InChI=1S/C14H9Br2NO/c15-12-5-2-6-13(16)14(12)18-9-11-4-1-3-10(7-11)8-17/h1-7H,9H2. The molecule has 0 atom stereocenters. The van der Waals surface area contributed by atoms with Crippen LogP contribution in [0.3, 0.4) is 0 Å². The molecule has 0 amide bonds. The van der Waals surface area contributed by atoms with E-state index in [0.29, 0.717) is 12.2 Å². The maximum Gasteiger partial charge on any atom is 0.148 e. The van der Waals surface area contributed by atoms with E-state index in [9.17, 15) is 0 Å². The number of ether oxygens (including phenoxy) is 1. The number of para-hydroxylation sites is 1. The quantitative estimate of drug-likeness (QED) is 0.791. The molecule has 0 unspecified atom stereocenters. The molecule has 18 heavy (non-hydrogen) atoms. The van der Waals surface area contributed by atoms with Crippen molar-refractivity contribution in [3.8, 4) is 11.8 Å². The maximum absolute atomic E-state index is 8.83. The van der Waals surface area contributed by atoms with Gasteiger partial charge in [-0.25, -0.2) is 0 Å². The zero-order chi connectivity index (χ0) is 13.0. The summed E-state index contributed by atoms with van der Waals surface area (Å²) < 4.78 is 7.54. The highest BCUT2D eigenvalue weighted by molar-refractivity contribution is 9.11. The largest absolute Gasteiger partial charge is 0.487 e. The third-order valence-corrected chi connectivity index (χ3v) is 3.61. The molecule has 0 heterocycles. The highest BCUT2D eigenvalue weighted by Crippen LogP contribution is 2.33. The number of halogens is 2. The Labute approximate surface area is 122 Å². The minimum Gasteiger partial charge on any atom is -0.487 e. The first kappa shape index (κ1) is 13.1. The summed E-state index contributed by atoms with van der Waals surface area (Å²) in [6.45, 7) is 0.427. The third kappa shape index (κ3) is 3.12. The van der Waals surface area contributed by atoms with Crippen LogP contribution in [0.25, 0.3) is 0 Å². The predicted molar refractivity (Wildman–Crippen MR) is 77.3 cm³/mol. The second kappa shape index (κ2) is 6.03. The molecule has 0 spiro atoms. The van der Waals surface area contributed by atoms with Crippen LogP contribution in [0.15, 0.2) is 51.4 Å². The van der Waals surface area contributed by atoms with Gasteiger partial charge in [0, 0.05) is 0 Å². The number of nitriles is 1. The van der Waals surface area contributed by atoms with Gasteiger partial charge in [0.15, 0.2) is 0 Å². The fourth-order valence-corrected chi connectivity index (χ4v) is 2.73. The van der Waals surface area contributed by atoms with Crippen molar-refractivity contribution in [2.24, 2.45) is 0 Å². The Hall–Kier alpha value is -1.31. The van der Waals surface area contributed by atoms with Gasteiger partial charge in [-0.1, -0.05) is 18.2 Å². The smallest absolute Gasteiger partial charge is 0.148 e. The minimum atomic E-state index is 0.427. The molecule has 0 saturated heterocycles. The number of hydrogen-bond donors (Lipinski definition) is 0. The van der Waals surface area contributed by atoms with Crippen LogP contribution in [-0.4, -0.2) is 0 Å². The maximum atomic E-state index is 8.83. The summed E-state index contributed by atoms with van der Waals surface area (Å²) in [5, 5.41) is 8.83. The van der Waals surface area contributed by atoms with Crippen LogP contribution in [0.5, 0.6) is 5.75 Å². The van der Waals surface area contributed by atoms with Gasteiger partial charge in [-0.2, -0.15) is 5.26 Å². The highest BCUT2D eigenvalue weighted by Gasteiger charge is 2.06. The molecule has 90 valence electrons. The lowest BCUT2D eigenvalue weighted by atomic mass is 10.1. The molecule has 2 rings (SSSR count). The van der Waals surface area contributed by atoms with Gasteiger partial charge in [-0.3, -0.25) is 0 Å². The first-order valence-corrected chi connectivity index (χ1v) is 6.85. The lowest BCUT2D eigenvalue weighted by molar-refractivity contribution is 0.302. The van der Waals surface area contributed by atoms with Crippen LogP contribution in [0.4, 0.5) is 0 Å². The Balaban J connectivity index is 2.14. The number of benzene rings is 2. The van der Waals surface area contributed by atoms with E-state index in [1.165, 1.54) is 0 Å². The van der Waals surface area contributed by atoms with Crippen molar-refractivity contribution in [2.45, 2.75) is 6.61 Å². The Bertz CT molecular complexity index is 585. The lowest BCUT2D eigenvalue weighted by Gasteiger charge is -2.10. The molecule has 0 aromatic heterocycles. The molecule has 0 saturated carbocycles. The van der Waals surface area contributed by atoms with E-state index >= 15 is 0 Å². The summed E-state index contributed by atoms with van der Waals surface area (Å²) in [4.78, 5) is 0. The van der Waals surface area contributed by atoms with Gasteiger partial charge in [-0.05, 0) is 61.7 Å². The van der Waals surface area contributed by atoms with Crippen LogP contribution in [0.2, 0.25) is 0 Å². The fraction of sp³-hybridized carbons (Fsp3) is 0.0714. The Morgan fingerprint density at radius 2 is 1.72 bits per heavy atom. The molecular formula is C14H9Br2NO. The Kier molecular flexibility index (Phi) is 4.40. The van der Waals surface area contributed by atoms with E-state index in [4.69, 9.17) is 10.00 Å². The molecule has 2 aromatic rings. The van der Waals surface area contributed by atoms with Crippen molar-refractivity contribution < 1.29 is 4.74 Å². The van der Waals surface area contributed by atoms with Crippen molar-refractivity contribution in [1.82, 2.24) is 0 Å². The number of nitrogens with zero attached hydrogens (tertiary/aromatic N) is 1. The molecule has 2 aromatic carbocycles. The molecule has 2 nitrogen and oxygen atoms in total. The van der Waals surface area contributed by atoms with E-state index in [0.717, 1.165) is 20.3 Å². The first-order valence-electron chi connectivity index (χ1n) is 5.26. The van der Waals surface area contributed by atoms with E-state index in [1.807, 2.05) is 36.4 Å².